The van der Waals surface area contributed by atoms with E-state index in [0.717, 1.165) is 240 Å². The summed E-state index contributed by atoms with van der Waals surface area (Å²) in [5.74, 6) is 4.08. The summed E-state index contributed by atoms with van der Waals surface area (Å²) in [6.45, 7) is 32.8. The van der Waals surface area contributed by atoms with Crippen molar-refractivity contribution >= 4 is 72.5 Å². The fourth-order valence-corrected chi connectivity index (χ4v) is 16.1. The van der Waals surface area contributed by atoms with E-state index >= 15 is 0 Å². The molecule has 0 aliphatic carbocycles. The fourth-order valence-electron chi connectivity index (χ4n) is 14.0. The van der Waals surface area contributed by atoms with Crippen molar-refractivity contribution in [2.24, 2.45) is 0 Å². The van der Waals surface area contributed by atoms with Crippen LogP contribution in [0.15, 0.2) is 105 Å². The monoisotopic (exact) mass is 1290 g/mol. The van der Waals surface area contributed by atoms with Crippen molar-refractivity contribution in [2.45, 2.75) is 48.7 Å². The first-order chi connectivity index (χ1) is 44.7. The van der Waals surface area contributed by atoms with Crippen molar-refractivity contribution in [2.75, 3.05) is 244 Å². The van der Waals surface area contributed by atoms with Crippen molar-refractivity contribution in [3.8, 4) is 0 Å². The van der Waals surface area contributed by atoms with Gasteiger partial charge in [0.15, 0.2) is 0 Å². The van der Waals surface area contributed by atoms with Crippen molar-refractivity contribution < 1.29 is 27.9 Å². The molecule has 2 unspecified atom stereocenters. The molecule has 92 heavy (non-hydrogen) atoms. The summed E-state index contributed by atoms with van der Waals surface area (Å²) < 4.78 is 42.5. The topological polar surface area (TPSA) is 290 Å². The second-order valence-corrected chi connectivity index (χ2v) is 27.9. The summed E-state index contributed by atoms with van der Waals surface area (Å²) in [6, 6.07) is 11.3. The minimum atomic E-state index is -2.22. The largest absolute Gasteiger partial charge is 0.396 e. The number of nitrogens with zero attached hydrogens (tertiary/aromatic N) is 15. The minimum absolute atomic E-state index is 0.143. The first kappa shape index (κ1) is 66.4. The molecule has 10 N–H and O–H groups in total. The molecular weight excluding hydrogens is 1190 g/mol. The lowest BCUT2D eigenvalue weighted by atomic mass is 9.97. The molecule has 10 saturated heterocycles. The number of rotatable bonds is 8. The number of fused-ring (bicyclic) bond motifs is 3. The van der Waals surface area contributed by atoms with Gasteiger partial charge in [-0.05, 0) is 56.0 Å². The molecule has 0 amide bonds. The SMILES string of the molecule is C=C1COCC2CN(c3ccncc3N)CCN12.C=S(=O)(C1CCN(c2ccncc2N)CC1)N1CCOCC1.CC1(N2CCN(c3ccncc3N)CC2)COC1.Nc1cnccc1N1CCN2CCOC[C@@H]2C1.Nc1cnccc1N1CCN2CCOC[C@H]2C1. The molecule has 0 saturated carbocycles. The van der Waals surface area contributed by atoms with Crippen LogP contribution in [0, 0.1) is 0 Å². The zero-order valence-corrected chi connectivity index (χ0v) is 54.6. The molecule has 27 heteroatoms. The Hall–Kier alpha value is -7.05. The quantitative estimate of drug-likeness (QED) is 0.139. The number of anilines is 10. The second-order valence-electron chi connectivity index (χ2n) is 25.3. The molecule has 4 atom stereocenters. The standard InChI is InChI=1S/C15H24N4O2S.C13H20N4O.C13H18N4O.2C12H18N4O/c1-22(20,19-8-10-21-11-9-19)13-3-6-18(7-4-13)15-2-5-17-12-14(15)16;1-13(9-18-10-13)17-6-4-16(5-7-17)12-2-3-15-8-11(12)14;1-10-8-18-9-11-7-16(4-5-17(10)11)13-2-3-15-6-12(13)14;2*13-11-7-14-2-1-12(11)16-4-3-15-5-6-17-9-10(15)8-16/h2,5,12-13H,1,3-4,6-11,16H2;2-3,8H,4-7,9-10,14H2,1H3;2-3,6,11H,1,4-5,7-9,14H2;2*1-2,7,10H,3-6,8-9,13H2/t;;;2*10-/m...10/s1. The Morgan fingerprint density at radius 1 is 0.457 bits per heavy atom. The van der Waals surface area contributed by atoms with E-state index in [0.29, 0.717) is 43.6 Å². The van der Waals surface area contributed by atoms with Gasteiger partial charge in [0.05, 0.1) is 178 Å². The van der Waals surface area contributed by atoms with Crippen molar-refractivity contribution in [1.82, 2.24) is 48.8 Å². The maximum Gasteiger partial charge on any atom is 0.0859 e. The van der Waals surface area contributed by atoms with Crippen LogP contribution in [0.25, 0.3) is 0 Å². The maximum atomic E-state index is 13.1. The Labute approximate surface area is 543 Å². The van der Waals surface area contributed by atoms with Crippen LogP contribution in [-0.2, 0) is 33.4 Å². The summed E-state index contributed by atoms with van der Waals surface area (Å²) in [4.78, 5) is 41.7. The van der Waals surface area contributed by atoms with Crippen LogP contribution in [0.3, 0.4) is 0 Å². The molecule has 0 bridgehead atoms. The van der Waals surface area contributed by atoms with E-state index in [4.69, 9.17) is 52.4 Å². The third-order valence-corrected chi connectivity index (χ3v) is 22.2. The predicted molar refractivity (Wildman–Crippen MR) is 369 cm³/mol. The number of piperidine rings is 1. The lowest BCUT2D eigenvalue weighted by Crippen LogP contribution is -2.64. The number of nitrogen functional groups attached to an aromatic ring is 5. The van der Waals surface area contributed by atoms with Crippen LogP contribution in [0.4, 0.5) is 56.9 Å². The third-order valence-electron chi connectivity index (χ3n) is 19.4. The Balaban J connectivity index is 0.000000118. The Kier molecular flexibility index (Phi) is 22.6. The molecule has 500 valence electrons. The summed E-state index contributed by atoms with van der Waals surface area (Å²) in [6.07, 6.45) is 19.3. The predicted octanol–water partition coefficient (Wildman–Crippen LogP) is 2.24. The number of pyridine rings is 5. The van der Waals surface area contributed by atoms with Gasteiger partial charge in [0, 0.05) is 176 Å². The van der Waals surface area contributed by atoms with Crippen molar-refractivity contribution in [3.05, 3.63) is 105 Å². The van der Waals surface area contributed by atoms with Gasteiger partial charge in [-0.25, -0.2) is 4.31 Å². The van der Waals surface area contributed by atoms with E-state index in [2.05, 4.69) is 88.4 Å². The van der Waals surface area contributed by atoms with Gasteiger partial charge < -0.3 is 81.8 Å². The van der Waals surface area contributed by atoms with Crippen LogP contribution in [-0.4, -0.2) is 278 Å². The molecule has 0 radical (unpaired) electrons. The Morgan fingerprint density at radius 2 is 0.837 bits per heavy atom. The van der Waals surface area contributed by atoms with Gasteiger partial charge >= 0.3 is 0 Å². The van der Waals surface area contributed by atoms with E-state index < -0.39 is 9.71 Å². The van der Waals surface area contributed by atoms with Gasteiger partial charge in [0.25, 0.3) is 0 Å². The molecule has 26 nitrogen and oxygen atoms in total. The van der Waals surface area contributed by atoms with E-state index in [9.17, 15) is 4.21 Å². The van der Waals surface area contributed by atoms with Crippen molar-refractivity contribution in [3.63, 3.8) is 0 Å². The molecule has 10 aliphatic rings. The lowest BCUT2D eigenvalue weighted by Gasteiger charge is -2.50. The number of hydrogen-bond acceptors (Lipinski definition) is 25. The van der Waals surface area contributed by atoms with Gasteiger partial charge in [0.2, 0.25) is 0 Å². The molecule has 0 spiro atoms. The van der Waals surface area contributed by atoms with Gasteiger partial charge in [-0.3, -0.25) is 43.8 Å². The average Bonchev–Trinajstić information content (AvgIpc) is 0.900. The normalized spacial score (nSPS) is 24.6. The van der Waals surface area contributed by atoms with Crippen molar-refractivity contribution in [1.29, 1.82) is 0 Å². The van der Waals surface area contributed by atoms with Gasteiger partial charge in [-0.2, -0.15) is 0 Å². The smallest absolute Gasteiger partial charge is 0.0859 e. The molecule has 10 aliphatic heterocycles. The number of aromatic nitrogens is 5. The molecule has 15 rings (SSSR count). The maximum absolute atomic E-state index is 13.1. The number of piperazine rings is 4. The second kappa shape index (κ2) is 31.3. The number of morpholine rings is 4. The zero-order chi connectivity index (χ0) is 64.0. The minimum Gasteiger partial charge on any atom is -0.396 e. The molecule has 10 fully saturated rings. The number of nitrogens with two attached hydrogens (primary N) is 5. The van der Waals surface area contributed by atoms with E-state index in [1.807, 2.05) is 34.6 Å². The Bertz CT molecular complexity index is 3200. The first-order valence-corrected chi connectivity index (χ1v) is 34.4. The van der Waals surface area contributed by atoms with E-state index in [1.54, 1.807) is 62.0 Å². The first-order valence-electron chi connectivity index (χ1n) is 32.6. The van der Waals surface area contributed by atoms with Crippen LogP contribution in [0.1, 0.15) is 19.8 Å². The van der Waals surface area contributed by atoms with Gasteiger partial charge in [-0.1, -0.05) is 6.58 Å². The molecule has 5 aromatic rings. The van der Waals surface area contributed by atoms with Crippen LogP contribution >= 0.6 is 0 Å². The molecule has 0 aromatic carbocycles. The third kappa shape index (κ3) is 16.3. The summed E-state index contributed by atoms with van der Waals surface area (Å²) in [5.41, 5.74) is 40.4. The number of ether oxygens (including phenoxy) is 5. The van der Waals surface area contributed by atoms with E-state index in [-0.39, 0.29) is 10.8 Å². The zero-order valence-electron chi connectivity index (χ0n) is 53.8. The molecule has 5 aromatic heterocycles. The summed E-state index contributed by atoms with van der Waals surface area (Å²) in [7, 11) is -2.22. The van der Waals surface area contributed by atoms with Crippen LogP contribution in [0.2, 0.25) is 0 Å². The highest BCUT2D eigenvalue weighted by Crippen LogP contribution is 2.33. The number of hydrogen-bond donors (Lipinski definition) is 5. The molecular formula is C65H98N20O6S. The van der Waals surface area contributed by atoms with Gasteiger partial charge in [-0.15, -0.1) is 0 Å². The lowest BCUT2D eigenvalue weighted by molar-refractivity contribution is -0.131. The average molecular weight is 1290 g/mol. The van der Waals surface area contributed by atoms with E-state index in [1.165, 1.54) is 0 Å². The molecule has 15 heterocycles. The fraction of sp³-hybridized carbons (Fsp3) is 0.569. The summed E-state index contributed by atoms with van der Waals surface area (Å²) >= 11 is 0. The van der Waals surface area contributed by atoms with Crippen LogP contribution < -0.4 is 53.2 Å². The highest BCUT2D eigenvalue weighted by molar-refractivity contribution is 7.98. The highest BCUT2D eigenvalue weighted by Gasteiger charge is 2.41. The van der Waals surface area contributed by atoms with Crippen LogP contribution in [0.5, 0.6) is 0 Å². The Morgan fingerprint density at radius 3 is 1.26 bits per heavy atom. The highest BCUT2D eigenvalue weighted by atomic mass is 32.2. The summed E-state index contributed by atoms with van der Waals surface area (Å²) in [5, 5.41) is 0.143. The van der Waals surface area contributed by atoms with Gasteiger partial charge in [0.1, 0.15) is 0 Å².